The lowest BCUT2D eigenvalue weighted by molar-refractivity contribution is -0.384. The van der Waals surface area contributed by atoms with E-state index in [2.05, 4.69) is 47.8 Å². The van der Waals surface area contributed by atoms with Crippen LogP contribution in [0.2, 0.25) is 5.02 Å². The molecule has 0 bridgehead atoms. The Morgan fingerprint density at radius 1 is 1.07 bits per heavy atom. The standard InChI is InChI=1S/C22H17ClN2O2/c23-14-11-19-16-8-4-10-18(16)21(24-22(19)20(12-14)25(26)27)17-9-3-6-13-5-1-2-7-15(13)17/h1-9,11-12,16,18,21,24H,10H2/t16-,18+,21-/m1/s1. The number of hydrogen-bond acceptors (Lipinski definition) is 3. The fourth-order valence-electron chi connectivity index (χ4n) is 4.62. The van der Waals surface area contributed by atoms with E-state index in [1.54, 1.807) is 0 Å². The van der Waals surface area contributed by atoms with Gasteiger partial charge < -0.3 is 5.32 Å². The summed E-state index contributed by atoms with van der Waals surface area (Å²) >= 11 is 6.19. The van der Waals surface area contributed by atoms with Gasteiger partial charge in [0.25, 0.3) is 5.69 Å². The van der Waals surface area contributed by atoms with Crippen LogP contribution in [0.4, 0.5) is 11.4 Å². The lowest BCUT2D eigenvalue weighted by Gasteiger charge is -2.37. The molecule has 27 heavy (non-hydrogen) atoms. The maximum atomic E-state index is 11.7. The zero-order valence-electron chi connectivity index (χ0n) is 14.4. The number of nitro benzene ring substituents is 1. The number of nitro groups is 1. The fourth-order valence-corrected chi connectivity index (χ4v) is 4.84. The van der Waals surface area contributed by atoms with E-state index in [4.69, 9.17) is 11.6 Å². The van der Waals surface area contributed by atoms with Gasteiger partial charge in [0.15, 0.2) is 0 Å². The summed E-state index contributed by atoms with van der Waals surface area (Å²) in [6.07, 6.45) is 5.28. The molecule has 0 saturated heterocycles. The predicted octanol–water partition coefficient (Wildman–Crippen LogP) is 6.23. The number of rotatable bonds is 2. The highest BCUT2D eigenvalue weighted by Crippen LogP contribution is 2.53. The van der Waals surface area contributed by atoms with Gasteiger partial charge in [-0.05, 0) is 40.3 Å². The van der Waals surface area contributed by atoms with Gasteiger partial charge >= 0.3 is 0 Å². The van der Waals surface area contributed by atoms with Gasteiger partial charge in [0, 0.05) is 17.0 Å². The maximum absolute atomic E-state index is 11.7. The summed E-state index contributed by atoms with van der Waals surface area (Å²) in [5.74, 6) is 0.434. The molecule has 0 unspecified atom stereocenters. The Labute approximate surface area is 161 Å². The van der Waals surface area contributed by atoms with Crippen molar-refractivity contribution in [3.8, 4) is 0 Å². The lowest BCUT2D eigenvalue weighted by atomic mass is 9.76. The van der Waals surface area contributed by atoms with Crippen molar-refractivity contribution in [2.24, 2.45) is 5.92 Å². The van der Waals surface area contributed by atoms with Crippen molar-refractivity contribution in [3.63, 3.8) is 0 Å². The molecule has 1 heterocycles. The van der Waals surface area contributed by atoms with Crippen LogP contribution in [0.25, 0.3) is 10.8 Å². The number of fused-ring (bicyclic) bond motifs is 4. The largest absolute Gasteiger partial charge is 0.372 e. The van der Waals surface area contributed by atoms with Gasteiger partial charge in [0.1, 0.15) is 5.69 Å². The Balaban J connectivity index is 1.72. The van der Waals surface area contributed by atoms with Crippen LogP contribution in [0.5, 0.6) is 0 Å². The molecular formula is C22H17ClN2O2. The van der Waals surface area contributed by atoms with Gasteiger partial charge in [-0.15, -0.1) is 0 Å². The maximum Gasteiger partial charge on any atom is 0.294 e. The topological polar surface area (TPSA) is 55.2 Å². The van der Waals surface area contributed by atoms with Crippen molar-refractivity contribution in [1.82, 2.24) is 0 Å². The molecule has 1 aliphatic heterocycles. The van der Waals surface area contributed by atoms with Crippen LogP contribution in [0.3, 0.4) is 0 Å². The highest BCUT2D eigenvalue weighted by Gasteiger charge is 2.41. The van der Waals surface area contributed by atoms with Crippen molar-refractivity contribution in [1.29, 1.82) is 0 Å². The number of nitrogens with one attached hydrogen (secondary N) is 1. The van der Waals surface area contributed by atoms with E-state index in [0.717, 1.165) is 12.0 Å². The van der Waals surface area contributed by atoms with Crippen LogP contribution >= 0.6 is 11.6 Å². The van der Waals surface area contributed by atoms with Crippen LogP contribution < -0.4 is 5.32 Å². The minimum absolute atomic E-state index is 0.00322. The van der Waals surface area contributed by atoms with E-state index in [-0.39, 0.29) is 22.6 Å². The molecule has 5 heteroatoms. The van der Waals surface area contributed by atoms with Crippen molar-refractivity contribution in [3.05, 3.63) is 93.0 Å². The summed E-state index contributed by atoms with van der Waals surface area (Å²) in [7, 11) is 0. The van der Waals surface area contributed by atoms with E-state index in [1.807, 2.05) is 18.2 Å². The third-order valence-electron chi connectivity index (χ3n) is 5.77. The number of allylic oxidation sites excluding steroid dienone is 2. The highest BCUT2D eigenvalue weighted by molar-refractivity contribution is 6.31. The summed E-state index contributed by atoms with van der Waals surface area (Å²) in [6.45, 7) is 0. The molecule has 0 aromatic heterocycles. The molecule has 0 spiro atoms. The van der Waals surface area contributed by atoms with Crippen molar-refractivity contribution >= 4 is 33.7 Å². The van der Waals surface area contributed by atoms with E-state index < -0.39 is 0 Å². The van der Waals surface area contributed by atoms with Crippen molar-refractivity contribution in [2.75, 3.05) is 5.32 Å². The van der Waals surface area contributed by atoms with E-state index in [9.17, 15) is 10.1 Å². The molecule has 4 nitrogen and oxygen atoms in total. The van der Waals surface area contributed by atoms with E-state index in [0.29, 0.717) is 16.6 Å². The summed E-state index contributed by atoms with van der Waals surface area (Å²) in [6, 6.07) is 17.9. The quantitative estimate of drug-likeness (QED) is 0.327. The van der Waals surface area contributed by atoms with Crippen LogP contribution in [0.15, 0.2) is 66.7 Å². The Bertz CT molecular complexity index is 1100. The van der Waals surface area contributed by atoms with Crippen LogP contribution in [0.1, 0.15) is 29.5 Å². The van der Waals surface area contributed by atoms with Gasteiger partial charge in [0.05, 0.1) is 11.0 Å². The van der Waals surface area contributed by atoms with Crippen molar-refractivity contribution < 1.29 is 4.92 Å². The summed E-state index contributed by atoms with van der Waals surface area (Å²) in [5, 5.41) is 17.9. The first kappa shape index (κ1) is 16.3. The molecule has 0 radical (unpaired) electrons. The third-order valence-corrected chi connectivity index (χ3v) is 5.99. The monoisotopic (exact) mass is 376 g/mol. The second kappa shape index (κ2) is 6.10. The van der Waals surface area contributed by atoms with Crippen LogP contribution in [-0.2, 0) is 0 Å². The smallest absolute Gasteiger partial charge is 0.294 e. The SMILES string of the molecule is O=[N+]([O-])c1cc(Cl)cc2c1N[C@H](c1cccc3ccccc13)[C@H]1CC=C[C@@H]21. The molecule has 0 saturated carbocycles. The summed E-state index contributed by atoms with van der Waals surface area (Å²) in [5.41, 5.74) is 2.74. The molecule has 5 rings (SSSR count). The number of nitrogens with zero attached hydrogens (tertiary/aromatic N) is 1. The Morgan fingerprint density at radius 2 is 1.89 bits per heavy atom. The molecular weight excluding hydrogens is 360 g/mol. The first-order chi connectivity index (χ1) is 13.1. The third kappa shape index (κ3) is 2.52. The van der Waals surface area contributed by atoms with Crippen LogP contribution in [-0.4, -0.2) is 4.92 Å². The highest BCUT2D eigenvalue weighted by atomic mass is 35.5. The number of hydrogen-bond donors (Lipinski definition) is 1. The predicted molar refractivity (Wildman–Crippen MR) is 108 cm³/mol. The summed E-state index contributed by atoms with van der Waals surface area (Å²) in [4.78, 5) is 11.3. The van der Waals surface area contributed by atoms with E-state index in [1.165, 1.54) is 22.4 Å². The molecule has 3 atom stereocenters. The Hall–Kier alpha value is -2.85. The molecule has 134 valence electrons. The zero-order valence-corrected chi connectivity index (χ0v) is 15.2. The molecule has 2 aliphatic rings. The number of anilines is 1. The lowest BCUT2D eigenvalue weighted by Crippen LogP contribution is -2.29. The van der Waals surface area contributed by atoms with Gasteiger partial charge in [-0.25, -0.2) is 0 Å². The zero-order chi connectivity index (χ0) is 18.5. The van der Waals surface area contributed by atoms with Gasteiger partial charge in [-0.3, -0.25) is 10.1 Å². The van der Waals surface area contributed by atoms with Crippen molar-refractivity contribution in [2.45, 2.75) is 18.4 Å². The molecule has 1 aliphatic carbocycles. The molecule has 0 fully saturated rings. The van der Waals surface area contributed by atoms with E-state index >= 15 is 0 Å². The second-order valence-corrected chi connectivity index (χ2v) is 7.63. The average Bonchev–Trinajstić information content (AvgIpc) is 3.16. The summed E-state index contributed by atoms with van der Waals surface area (Å²) < 4.78 is 0. The molecule has 3 aromatic carbocycles. The van der Waals surface area contributed by atoms with Gasteiger partial charge in [0.2, 0.25) is 0 Å². The Kier molecular flexibility index (Phi) is 3.69. The molecule has 0 amide bonds. The number of benzene rings is 3. The first-order valence-electron chi connectivity index (χ1n) is 9.02. The van der Waals surface area contributed by atoms with Gasteiger partial charge in [-0.1, -0.05) is 66.2 Å². The Morgan fingerprint density at radius 3 is 2.74 bits per heavy atom. The fraction of sp³-hybridized carbons (Fsp3) is 0.182. The molecule has 1 N–H and O–H groups in total. The minimum Gasteiger partial charge on any atom is -0.372 e. The normalized spacial score (nSPS) is 22.9. The second-order valence-electron chi connectivity index (χ2n) is 7.19. The molecule has 3 aromatic rings. The first-order valence-corrected chi connectivity index (χ1v) is 9.40. The van der Waals surface area contributed by atoms with Gasteiger partial charge in [-0.2, -0.15) is 0 Å². The minimum atomic E-state index is -0.350. The average molecular weight is 377 g/mol. The number of halogens is 1. The van der Waals surface area contributed by atoms with Crippen LogP contribution in [0, 0.1) is 16.0 Å².